The predicted molar refractivity (Wildman–Crippen MR) is 104 cm³/mol. The fourth-order valence-corrected chi connectivity index (χ4v) is 3.46. The van der Waals surface area contributed by atoms with Crippen molar-refractivity contribution in [2.75, 3.05) is 5.43 Å². The van der Waals surface area contributed by atoms with Crippen molar-refractivity contribution in [1.29, 1.82) is 0 Å². The van der Waals surface area contributed by atoms with E-state index >= 15 is 0 Å². The van der Waals surface area contributed by atoms with E-state index in [0.717, 1.165) is 4.68 Å². The normalized spacial score (nSPS) is 10.9. The van der Waals surface area contributed by atoms with Gasteiger partial charge in [-0.2, -0.15) is 9.07 Å². The first kappa shape index (κ1) is 17.4. The van der Waals surface area contributed by atoms with Crippen LogP contribution in [0.25, 0.3) is 22.3 Å². The lowest BCUT2D eigenvalue weighted by atomic mass is 10.2. The number of fused-ring (bicyclic) bond motifs is 1. The Kier molecular flexibility index (Phi) is 4.47. The van der Waals surface area contributed by atoms with Crippen LogP contribution in [0.2, 0.25) is 5.02 Å². The first-order valence-electron chi connectivity index (χ1n) is 7.87. The molecule has 0 aliphatic rings. The largest absolute Gasteiger partial charge is 0.280 e. The molecule has 2 heterocycles. The van der Waals surface area contributed by atoms with Gasteiger partial charge in [0, 0.05) is 10.6 Å². The number of carbonyl (C=O) groups is 1. The Morgan fingerprint density at radius 3 is 2.67 bits per heavy atom. The SMILES string of the molecule is O=C(Nn1c(-c2cccc(Cl)c2)nc2ccccc2c1=O)c1ccc(F)s1. The summed E-state index contributed by atoms with van der Waals surface area (Å²) in [5.41, 5.74) is 3.13. The highest BCUT2D eigenvalue weighted by atomic mass is 35.5. The number of amides is 1. The summed E-state index contributed by atoms with van der Waals surface area (Å²) in [6, 6.07) is 16.2. The Bertz CT molecular complexity index is 1240. The van der Waals surface area contributed by atoms with Crippen molar-refractivity contribution >= 4 is 39.7 Å². The van der Waals surface area contributed by atoms with Gasteiger partial charge in [-0.3, -0.25) is 15.0 Å². The van der Waals surface area contributed by atoms with E-state index in [-0.39, 0.29) is 10.7 Å². The number of hydrogen-bond donors (Lipinski definition) is 1. The fraction of sp³-hybridized carbons (Fsp3) is 0. The minimum absolute atomic E-state index is 0.143. The number of nitrogens with one attached hydrogen (secondary N) is 1. The molecule has 0 atom stereocenters. The van der Waals surface area contributed by atoms with Gasteiger partial charge < -0.3 is 0 Å². The maximum atomic E-state index is 13.2. The molecule has 1 amide bonds. The lowest BCUT2D eigenvalue weighted by Crippen LogP contribution is -2.34. The van der Waals surface area contributed by atoms with E-state index in [1.54, 1.807) is 48.5 Å². The number of hydrogen-bond acceptors (Lipinski definition) is 4. The molecule has 0 fully saturated rings. The van der Waals surface area contributed by atoms with Gasteiger partial charge in [-0.15, -0.1) is 11.3 Å². The molecule has 0 aliphatic carbocycles. The van der Waals surface area contributed by atoms with Gasteiger partial charge in [0.05, 0.1) is 15.8 Å². The summed E-state index contributed by atoms with van der Waals surface area (Å²) < 4.78 is 14.3. The van der Waals surface area contributed by atoms with Crippen LogP contribution < -0.4 is 11.0 Å². The summed E-state index contributed by atoms with van der Waals surface area (Å²) >= 11 is 6.76. The van der Waals surface area contributed by atoms with Crippen LogP contribution in [-0.4, -0.2) is 15.6 Å². The minimum Gasteiger partial charge on any atom is -0.267 e. The van der Waals surface area contributed by atoms with Crippen LogP contribution in [0.5, 0.6) is 0 Å². The standard InChI is InChI=1S/C19H11ClFN3O2S/c20-12-5-3-4-11(10-12)17-22-14-7-2-1-6-13(14)19(26)24(17)23-18(25)15-8-9-16(21)27-15/h1-10H,(H,23,25). The van der Waals surface area contributed by atoms with Crippen molar-refractivity contribution in [3.05, 3.63) is 86.0 Å². The van der Waals surface area contributed by atoms with Crippen molar-refractivity contribution < 1.29 is 9.18 Å². The number of aromatic nitrogens is 2. The van der Waals surface area contributed by atoms with Crippen molar-refractivity contribution in [2.45, 2.75) is 0 Å². The van der Waals surface area contributed by atoms with Gasteiger partial charge in [-0.25, -0.2) is 4.98 Å². The van der Waals surface area contributed by atoms with Gasteiger partial charge >= 0.3 is 0 Å². The Labute approximate surface area is 161 Å². The molecule has 4 aromatic rings. The van der Waals surface area contributed by atoms with Crippen molar-refractivity contribution in [1.82, 2.24) is 9.66 Å². The molecule has 0 radical (unpaired) electrons. The summed E-state index contributed by atoms with van der Waals surface area (Å²) in [6.07, 6.45) is 0. The monoisotopic (exact) mass is 399 g/mol. The van der Waals surface area contributed by atoms with Crippen LogP contribution in [0.3, 0.4) is 0 Å². The molecule has 0 aliphatic heterocycles. The maximum absolute atomic E-state index is 13.2. The predicted octanol–water partition coefficient (Wildman–Crippen LogP) is 4.30. The highest BCUT2D eigenvalue weighted by Gasteiger charge is 2.17. The van der Waals surface area contributed by atoms with E-state index in [1.807, 2.05) is 0 Å². The highest BCUT2D eigenvalue weighted by molar-refractivity contribution is 7.12. The summed E-state index contributed by atoms with van der Waals surface area (Å²) in [5.74, 6) is -0.377. The molecule has 0 unspecified atom stereocenters. The molecule has 4 rings (SSSR count). The maximum Gasteiger partial charge on any atom is 0.280 e. The lowest BCUT2D eigenvalue weighted by molar-refractivity contribution is 0.101. The molecule has 8 heteroatoms. The number of nitrogens with zero attached hydrogens (tertiary/aromatic N) is 2. The summed E-state index contributed by atoms with van der Waals surface area (Å²) in [5, 5.41) is 0.327. The Balaban J connectivity index is 1.91. The second kappa shape index (κ2) is 6.94. The van der Waals surface area contributed by atoms with E-state index in [1.165, 1.54) is 12.1 Å². The second-order valence-corrected chi connectivity index (χ2v) is 7.12. The Morgan fingerprint density at radius 2 is 1.93 bits per heavy atom. The van der Waals surface area contributed by atoms with Crippen molar-refractivity contribution in [2.24, 2.45) is 0 Å². The van der Waals surface area contributed by atoms with Crippen LogP contribution in [0, 0.1) is 5.13 Å². The topological polar surface area (TPSA) is 64.0 Å². The first-order chi connectivity index (χ1) is 13.0. The molecule has 2 aromatic carbocycles. The van der Waals surface area contributed by atoms with Gasteiger partial charge in [0.1, 0.15) is 0 Å². The van der Waals surface area contributed by atoms with E-state index in [0.29, 0.717) is 32.8 Å². The van der Waals surface area contributed by atoms with E-state index in [4.69, 9.17) is 11.6 Å². The average molecular weight is 400 g/mol. The van der Waals surface area contributed by atoms with Gasteiger partial charge in [-0.05, 0) is 36.4 Å². The van der Waals surface area contributed by atoms with Gasteiger partial charge in [-0.1, -0.05) is 35.9 Å². The van der Waals surface area contributed by atoms with Crippen LogP contribution in [-0.2, 0) is 0 Å². The zero-order valence-electron chi connectivity index (χ0n) is 13.6. The lowest BCUT2D eigenvalue weighted by Gasteiger charge is -2.14. The third kappa shape index (κ3) is 3.34. The Morgan fingerprint density at radius 1 is 1.11 bits per heavy atom. The van der Waals surface area contributed by atoms with Crippen LogP contribution in [0.1, 0.15) is 9.67 Å². The van der Waals surface area contributed by atoms with E-state index in [2.05, 4.69) is 10.4 Å². The highest BCUT2D eigenvalue weighted by Crippen LogP contribution is 2.22. The molecule has 134 valence electrons. The zero-order chi connectivity index (χ0) is 19.0. The Hall–Kier alpha value is -3.03. The number of thiophene rings is 1. The van der Waals surface area contributed by atoms with Crippen molar-refractivity contribution in [3.8, 4) is 11.4 Å². The molecule has 0 bridgehead atoms. The molecular formula is C19H11ClFN3O2S. The molecule has 0 spiro atoms. The van der Waals surface area contributed by atoms with Crippen molar-refractivity contribution in [3.63, 3.8) is 0 Å². The molecule has 0 saturated carbocycles. The minimum atomic E-state index is -0.605. The van der Waals surface area contributed by atoms with E-state index < -0.39 is 16.6 Å². The first-order valence-corrected chi connectivity index (χ1v) is 9.07. The van der Waals surface area contributed by atoms with Gasteiger partial charge in [0.2, 0.25) is 0 Å². The van der Waals surface area contributed by atoms with Crippen LogP contribution in [0.4, 0.5) is 4.39 Å². The average Bonchev–Trinajstić information content (AvgIpc) is 3.10. The number of para-hydroxylation sites is 1. The van der Waals surface area contributed by atoms with Crippen LogP contribution in [0.15, 0.2) is 65.5 Å². The molecule has 5 nitrogen and oxygen atoms in total. The number of benzene rings is 2. The summed E-state index contributed by atoms with van der Waals surface area (Å²) in [6.45, 7) is 0. The van der Waals surface area contributed by atoms with Crippen LogP contribution >= 0.6 is 22.9 Å². The number of rotatable bonds is 3. The molecule has 0 saturated heterocycles. The number of carbonyl (C=O) groups excluding carboxylic acids is 1. The molecule has 27 heavy (non-hydrogen) atoms. The third-order valence-electron chi connectivity index (χ3n) is 3.87. The van der Waals surface area contributed by atoms with E-state index in [9.17, 15) is 14.0 Å². The second-order valence-electron chi connectivity index (χ2n) is 5.65. The summed E-state index contributed by atoms with van der Waals surface area (Å²) in [7, 11) is 0. The molecule has 1 N–H and O–H groups in total. The third-order valence-corrected chi connectivity index (χ3v) is 4.98. The smallest absolute Gasteiger partial charge is 0.267 e. The van der Waals surface area contributed by atoms with Gasteiger partial charge in [0.25, 0.3) is 11.5 Å². The number of halogens is 2. The molecule has 2 aromatic heterocycles. The van der Waals surface area contributed by atoms with Gasteiger partial charge in [0.15, 0.2) is 11.0 Å². The fourth-order valence-electron chi connectivity index (χ4n) is 2.65. The molecular weight excluding hydrogens is 389 g/mol. The zero-order valence-corrected chi connectivity index (χ0v) is 15.2. The summed E-state index contributed by atoms with van der Waals surface area (Å²) in [4.78, 5) is 30.1. The quantitative estimate of drug-likeness (QED) is 0.558.